The van der Waals surface area contributed by atoms with Crippen LogP contribution in [0.15, 0.2) is 52.5 Å². The number of hydrogen-bond donors (Lipinski definition) is 1. The summed E-state index contributed by atoms with van der Waals surface area (Å²) in [4.78, 5) is 30.4. The molecule has 37 heavy (non-hydrogen) atoms. The van der Waals surface area contributed by atoms with E-state index in [0.29, 0.717) is 31.9 Å². The molecule has 7 nitrogen and oxygen atoms in total. The molecule has 2 aromatic rings. The van der Waals surface area contributed by atoms with Crippen molar-refractivity contribution in [2.24, 2.45) is 0 Å². The molecule has 0 aliphatic carbocycles. The summed E-state index contributed by atoms with van der Waals surface area (Å²) in [5.74, 6) is -0.645. The number of morpholine rings is 1. The van der Waals surface area contributed by atoms with Gasteiger partial charge in [-0.25, -0.2) is 0 Å². The van der Waals surface area contributed by atoms with E-state index in [1.165, 1.54) is 0 Å². The van der Waals surface area contributed by atoms with Gasteiger partial charge < -0.3 is 19.5 Å². The lowest BCUT2D eigenvalue weighted by Crippen LogP contribution is -2.38. The van der Waals surface area contributed by atoms with E-state index in [2.05, 4.69) is 27.8 Å². The monoisotopic (exact) mass is 570 g/mol. The molecular weight excluding hydrogens is 536 g/mol. The topological polar surface area (TPSA) is 79.3 Å². The van der Waals surface area contributed by atoms with Crippen LogP contribution in [0, 0.1) is 6.92 Å². The molecule has 4 rings (SSSR count). The number of Topliss-reactive ketones (excluding diaryl/α,β-unsaturated/α-hetero) is 1. The summed E-state index contributed by atoms with van der Waals surface area (Å²) >= 11 is 3.46. The number of likely N-dealkylation sites (tertiary alicyclic amines) is 1. The van der Waals surface area contributed by atoms with Crippen molar-refractivity contribution < 1.29 is 24.2 Å². The molecule has 0 radical (unpaired) electrons. The van der Waals surface area contributed by atoms with Crippen molar-refractivity contribution in [2.45, 2.75) is 39.2 Å². The van der Waals surface area contributed by atoms with Gasteiger partial charge in [-0.15, -0.1) is 0 Å². The molecule has 0 saturated carbocycles. The number of aliphatic hydroxyl groups excluding tert-OH is 1. The Labute approximate surface area is 227 Å². The molecule has 2 saturated heterocycles. The van der Waals surface area contributed by atoms with E-state index in [9.17, 15) is 14.7 Å². The van der Waals surface area contributed by atoms with Gasteiger partial charge in [0.15, 0.2) is 0 Å². The molecule has 8 heteroatoms. The predicted molar refractivity (Wildman–Crippen MR) is 147 cm³/mol. The lowest BCUT2D eigenvalue weighted by atomic mass is 9.94. The molecule has 0 aromatic heterocycles. The summed E-state index contributed by atoms with van der Waals surface area (Å²) in [5.41, 5.74) is 2.26. The standard InChI is InChI=1S/C29H35BrN2O5/c1-3-4-16-37-24-11-8-22(19-20(24)2)27(33)25-26(21-6-9-23(30)10-7-21)32(29(35)28(25)34)13-5-12-31-14-17-36-18-15-31/h6-11,19,26,33H,3-5,12-18H2,1-2H3/b27-25-. The van der Waals surface area contributed by atoms with Crippen LogP contribution in [0.25, 0.3) is 5.76 Å². The number of rotatable bonds is 10. The number of carbonyl (C=O) groups is 2. The number of benzene rings is 2. The van der Waals surface area contributed by atoms with Gasteiger partial charge in [-0.1, -0.05) is 41.4 Å². The van der Waals surface area contributed by atoms with Gasteiger partial charge in [-0.3, -0.25) is 14.5 Å². The lowest BCUT2D eigenvalue weighted by molar-refractivity contribution is -0.140. The second-order valence-electron chi connectivity index (χ2n) is 9.53. The van der Waals surface area contributed by atoms with Crippen molar-refractivity contribution in [2.75, 3.05) is 46.0 Å². The van der Waals surface area contributed by atoms with Gasteiger partial charge in [0.05, 0.1) is 31.4 Å². The van der Waals surface area contributed by atoms with Crippen LogP contribution in [0.4, 0.5) is 0 Å². The highest BCUT2D eigenvalue weighted by Crippen LogP contribution is 2.40. The second-order valence-corrected chi connectivity index (χ2v) is 10.4. The van der Waals surface area contributed by atoms with E-state index in [1.54, 1.807) is 17.0 Å². The minimum Gasteiger partial charge on any atom is -0.507 e. The predicted octanol–water partition coefficient (Wildman–Crippen LogP) is 5.08. The Bertz CT molecular complexity index is 1140. The molecule has 2 fully saturated rings. The molecule has 2 heterocycles. The number of aliphatic hydroxyl groups is 1. The highest BCUT2D eigenvalue weighted by atomic mass is 79.9. The number of unbranched alkanes of at least 4 members (excludes halogenated alkanes) is 1. The average Bonchev–Trinajstić information content (AvgIpc) is 3.15. The summed E-state index contributed by atoms with van der Waals surface area (Å²) in [6, 6.07) is 12.3. The number of carbonyl (C=O) groups excluding carboxylic acids is 2. The van der Waals surface area contributed by atoms with Crippen molar-refractivity contribution >= 4 is 33.4 Å². The maximum Gasteiger partial charge on any atom is 0.295 e. The van der Waals surface area contributed by atoms with E-state index < -0.39 is 17.7 Å². The summed E-state index contributed by atoms with van der Waals surface area (Å²) in [7, 11) is 0. The molecule has 0 spiro atoms. The third-order valence-corrected chi connectivity index (χ3v) is 7.44. The molecule has 1 atom stereocenters. The maximum absolute atomic E-state index is 13.3. The Morgan fingerprint density at radius 2 is 1.81 bits per heavy atom. The minimum atomic E-state index is -0.655. The van der Waals surface area contributed by atoms with Crippen molar-refractivity contribution in [1.82, 2.24) is 9.80 Å². The molecule has 1 unspecified atom stereocenters. The number of aryl methyl sites for hydroxylation is 1. The van der Waals surface area contributed by atoms with Gasteiger partial charge in [0, 0.05) is 36.2 Å². The van der Waals surface area contributed by atoms with Crippen molar-refractivity contribution in [3.63, 3.8) is 0 Å². The Kier molecular flexibility index (Phi) is 9.40. The maximum atomic E-state index is 13.3. The van der Waals surface area contributed by atoms with E-state index in [1.807, 2.05) is 37.3 Å². The van der Waals surface area contributed by atoms with E-state index in [0.717, 1.165) is 60.2 Å². The first-order chi connectivity index (χ1) is 17.9. The van der Waals surface area contributed by atoms with Crippen LogP contribution in [0.5, 0.6) is 5.75 Å². The molecule has 2 aliphatic heterocycles. The van der Waals surface area contributed by atoms with Crippen LogP contribution in [-0.4, -0.2) is 72.6 Å². The lowest BCUT2D eigenvalue weighted by Gasteiger charge is -2.29. The number of ketones is 1. The van der Waals surface area contributed by atoms with Crippen LogP contribution < -0.4 is 4.74 Å². The Morgan fingerprint density at radius 1 is 1.08 bits per heavy atom. The third-order valence-electron chi connectivity index (χ3n) is 6.91. The first-order valence-corrected chi connectivity index (χ1v) is 13.8. The van der Waals surface area contributed by atoms with Crippen LogP contribution >= 0.6 is 15.9 Å². The Balaban J connectivity index is 1.64. The van der Waals surface area contributed by atoms with Gasteiger partial charge >= 0.3 is 0 Å². The second kappa shape index (κ2) is 12.7. The zero-order chi connectivity index (χ0) is 26.4. The normalized spacial score (nSPS) is 20.0. The summed E-state index contributed by atoms with van der Waals surface area (Å²) < 4.78 is 12.2. The zero-order valence-electron chi connectivity index (χ0n) is 21.5. The van der Waals surface area contributed by atoms with Crippen LogP contribution in [0.3, 0.4) is 0 Å². The largest absolute Gasteiger partial charge is 0.507 e. The fourth-order valence-corrected chi connectivity index (χ4v) is 5.10. The van der Waals surface area contributed by atoms with Gasteiger partial charge in [0.1, 0.15) is 11.5 Å². The number of hydrogen-bond acceptors (Lipinski definition) is 6. The number of amides is 1. The molecule has 2 aromatic carbocycles. The van der Waals surface area contributed by atoms with Crippen molar-refractivity contribution in [1.29, 1.82) is 0 Å². The fourth-order valence-electron chi connectivity index (χ4n) is 4.83. The molecule has 0 bridgehead atoms. The van der Waals surface area contributed by atoms with Gasteiger partial charge in [0.2, 0.25) is 0 Å². The van der Waals surface area contributed by atoms with Crippen LogP contribution in [0.1, 0.15) is 48.9 Å². The fraction of sp³-hybridized carbons (Fsp3) is 0.448. The van der Waals surface area contributed by atoms with Crippen molar-refractivity contribution in [3.05, 3.63) is 69.2 Å². The first kappa shape index (κ1) is 27.4. The molecule has 1 amide bonds. The highest BCUT2D eigenvalue weighted by Gasteiger charge is 2.45. The number of ether oxygens (including phenoxy) is 2. The minimum absolute atomic E-state index is 0.123. The van der Waals surface area contributed by atoms with Crippen LogP contribution in [-0.2, 0) is 14.3 Å². The molecule has 2 aliphatic rings. The third kappa shape index (κ3) is 6.43. The molecule has 1 N–H and O–H groups in total. The van der Waals surface area contributed by atoms with Crippen LogP contribution in [0.2, 0.25) is 0 Å². The zero-order valence-corrected chi connectivity index (χ0v) is 23.1. The SMILES string of the molecule is CCCCOc1ccc(/C(O)=C2/C(=O)C(=O)N(CCCN3CCOCC3)C2c2ccc(Br)cc2)cc1C. The van der Waals surface area contributed by atoms with E-state index >= 15 is 0 Å². The van der Waals surface area contributed by atoms with E-state index in [-0.39, 0.29) is 11.3 Å². The summed E-state index contributed by atoms with van der Waals surface area (Å²) in [6.45, 7) is 9.05. The average molecular weight is 572 g/mol. The van der Waals surface area contributed by atoms with E-state index in [4.69, 9.17) is 9.47 Å². The quantitative estimate of drug-likeness (QED) is 0.186. The van der Waals surface area contributed by atoms with Crippen molar-refractivity contribution in [3.8, 4) is 5.75 Å². The van der Waals surface area contributed by atoms with Gasteiger partial charge in [0.25, 0.3) is 11.7 Å². The summed E-state index contributed by atoms with van der Waals surface area (Å²) in [5, 5.41) is 11.4. The number of halogens is 1. The molecular formula is C29H35BrN2O5. The highest BCUT2D eigenvalue weighted by molar-refractivity contribution is 9.10. The van der Waals surface area contributed by atoms with Gasteiger partial charge in [-0.05, 0) is 61.2 Å². The van der Waals surface area contributed by atoms with Gasteiger partial charge in [-0.2, -0.15) is 0 Å². The Hall–Kier alpha value is -2.68. The number of nitrogens with zero attached hydrogens (tertiary/aromatic N) is 2. The first-order valence-electron chi connectivity index (χ1n) is 13.0. The Morgan fingerprint density at radius 3 is 2.49 bits per heavy atom. The smallest absolute Gasteiger partial charge is 0.295 e. The molecule has 198 valence electrons. The summed E-state index contributed by atoms with van der Waals surface area (Å²) in [6.07, 6.45) is 2.73.